The van der Waals surface area contributed by atoms with Crippen LogP contribution in [0.1, 0.15) is 32.6 Å². The van der Waals surface area contributed by atoms with E-state index in [1.54, 1.807) is 24.3 Å². The van der Waals surface area contributed by atoms with Gasteiger partial charge >= 0.3 is 6.18 Å². The Kier molecular flexibility index (Phi) is 6.49. The van der Waals surface area contributed by atoms with Crippen LogP contribution in [0.2, 0.25) is 5.02 Å². The number of aryl methyl sites for hydroxylation is 1. The summed E-state index contributed by atoms with van der Waals surface area (Å²) in [6, 6.07) is 9.71. The fourth-order valence-electron chi connectivity index (χ4n) is 3.17. The van der Waals surface area contributed by atoms with Crippen LogP contribution in [0, 0.1) is 18.8 Å². The van der Waals surface area contributed by atoms with Gasteiger partial charge in [-0.1, -0.05) is 29.5 Å². The third-order valence-corrected chi connectivity index (χ3v) is 5.32. The van der Waals surface area contributed by atoms with Crippen molar-refractivity contribution in [2.45, 2.75) is 13.1 Å². The molecule has 2 aromatic heterocycles. The molecule has 35 heavy (non-hydrogen) atoms. The van der Waals surface area contributed by atoms with Crippen LogP contribution in [-0.2, 0) is 6.18 Å². The van der Waals surface area contributed by atoms with Crippen molar-refractivity contribution in [2.24, 2.45) is 0 Å². The van der Waals surface area contributed by atoms with Crippen molar-refractivity contribution in [3.05, 3.63) is 100 Å². The van der Waals surface area contributed by atoms with E-state index in [2.05, 4.69) is 27.1 Å². The lowest BCUT2D eigenvalue weighted by Gasteiger charge is -2.14. The molecule has 0 saturated heterocycles. The lowest BCUT2D eigenvalue weighted by atomic mass is 10.0. The summed E-state index contributed by atoms with van der Waals surface area (Å²) in [5.41, 5.74) is 7.05. The van der Waals surface area contributed by atoms with Crippen molar-refractivity contribution in [1.29, 1.82) is 0 Å². The van der Waals surface area contributed by atoms with Crippen molar-refractivity contribution in [3.8, 4) is 17.5 Å². The number of imidazole rings is 1. The van der Waals surface area contributed by atoms with Crippen LogP contribution in [0.25, 0.3) is 5.69 Å². The minimum atomic E-state index is -4.59. The molecule has 0 radical (unpaired) electrons. The Morgan fingerprint density at radius 3 is 2.63 bits per heavy atom. The molecule has 10 heteroatoms. The zero-order valence-electron chi connectivity index (χ0n) is 18.2. The molecule has 1 amide bonds. The summed E-state index contributed by atoms with van der Waals surface area (Å²) in [5, 5.41) is 2.82. The summed E-state index contributed by atoms with van der Waals surface area (Å²) in [5.74, 6) is 5.49. The number of hydrogen-bond donors (Lipinski definition) is 2. The predicted octanol–water partition coefficient (Wildman–Crippen LogP) is 5.48. The smallest absolute Gasteiger partial charge is 0.382 e. The number of benzene rings is 2. The predicted molar refractivity (Wildman–Crippen MR) is 127 cm³/mol. The number of carbonyl (C=O) groups excluding carboxylic acids is 1. The largest absolute Gasteiger partial charge is 0.416 e. The number of aromatic nitrogens is 3. The number of carbonyl (C=O) groups is 1. The monoisotopic (exact) mass is 495 g/mol. The van der Waals surface area contributed by atoms with Gasteiger partial charge in [-0.3, -0.25) is 4.79 Å². The average Bonchev–Trinajstić information content (AvgIpc) is 3.35. The molecule has 0 atom stereocenters. The maximum atomic E-state index is 13.4. The second-order valence-electron chi connectivity index (χ2n) is 7.56. The summed E-state index contributed by atoms with van der Waals surface area (Å²) in [6.45, 7) is 1.82. The number of hydrogen-bond acceptors (Lipinski definition) is 4. The maximum Gasteiger partial charge on any atom is 0.416 e. The molecule has 0 unspecified atom stereocenters. The SMILES string of the molecule is Cc1ccc(C(=O)Nc2cc(-n3ccnc3)cc(C(F)(F)F)c2)cc1C#Cc1cnc(N)c(Cl)c1. The molecule has 0 aliphatic heterocycles. The van der Waals surface area contributed by atoms with Gasteiger partial charge in [0.25, 0.3) is 5.91 Å². The Balaban J connectivity index is 1.63. The van der Waals surface area contributed by atoms with Crippen LogP contribution >= 0.6 is 11.6 Å². The number of amides is 1. The molecule has 0 aliphatic carbocycles. The number of rotatable bonds is 3. The van der Waals surface area contributed by atoms with Crippen molar-refractivity contribution < 1.29 is 18.0 Å². The zero-order valence-corrected chi connectivity index (χ0v) is 18.9. The van der Waals surface area contributed by atoms with Gasteiger partial charge in [0, 0.05) is 46.7 Å². The van der Waals surface area contributed by atoms with E-state index in [9.17, 15) is 18.0 Å². The van der Waals surface area contributed by atoms with E-state index < -0.39 is 17.6 Å². The number of nitrogen functional groups attached to an aromatic ring is 1. The molecule has 2 aromatic carbocycles. The van der Waals surface area contributed by atoms with E-state index in [1.165, 1.54) is 35.6 Å². The van der Waals surface area contributed by atoms with Gasteiger partial charge in [-0.2, -0.15) is 13.2 Å². The molecule has 3 N–H and O–H groups in total. The van der Waals surface area contributed by atoms with Crippen LogP contribution in [0.5, 0.6) is 0 Å². The Morgan fingerprint density at radius 1 is 1.14 bits per heavy atom. The molecule has 2 heterocycles. The van der Waals surface area contributed by atoms with Crippen molar-refractivity contribution >= 4 is 29.0 Å². The van der Waals surface area contributed by atoms with E-state index in [1.807, 2.05) is 6.92 Å². The van der Waals surface area contributed by atoms with Crippen LogP contribution in [-0.4, -0.2) is 20.4 Å². The number of nitrogens with one attached hydrogen (secondary N) is 1. The van der Waals surface area contributed by atoms with Gasteiger partial charge in [-0.15, -0.1) is 0 Å². The normalized spacial score (nSPS) is 11.0. The average molecular weight is 496 g/mol. The van der Waals surface area contributed by atoms with Crippen molar-refractivity contribution in [2.75, 3.05) is 11.1 Å². The molecule has 6 nitrogen and oxygen atoms in total. The van der Waals surface area contributed by atoms with Gasteiger partial charge in [-0.05, 0) is 48.9 Å². The van der Waals surface area contributed by atoms with E-state index in [4.69, 9.17) is 17.3 Å². The Bertz CT molecular complexity index is 1470. The van der Waals surface area contributed by atoms with Crippen LogP contribution in [0.3, 0.4) is 0 Å². The van der Waals surface area contributed by atoms with E-state index in [-0.39, 0.29) is 27.8 Å². The lowest BCUT2D eigenvalue weighted by molar-refractivity contribution is -0.137. The topological polar surface area (TPSA) is 85.8 Å². The second kappa shape index (κ2) is 9.52. The molecule has 0 saturated carbocycles. The summed E-state index contributed by atoms with van der Waals surface area (Å²) in [7, 11) is 0. The van der Waals surface area contributed by atoms with Crippen molar-refractivity contribution in [1.82, 2.24) is 14.5 Å². The highest BCUT2D eigenvalue weighted by atomic mass is 35.5. The molecule has 176 valence electrons. The van der Waals surface area contributed by atoms with Gasteiger partial charge in [-0.25, -0.2) is 9.97 Å². The highest BCUT2D eigenvalue weighted by Crippen LogP contribution is 2.33. The number of nitrogens with two attached hydrogens (primary N) is 1. The molecule has 4 rings (SSSR count). The number of halogens is 4. The number of nitrogens with zero attached hydrogens (tertiary/aromatic N) is 3. The Morgan fingerprint density at radius 2 is 1.94 bits per heavy atom. The molecular formula is C25H17ClF3N5O. The first-order chi connectivity index (χ1) is 16.6. The molecule has 0 fully saturated rings. The van der Waals surface area contributed by atoms with Crippen LogP contribution in [0.4, 0.5) is 24.7 Å². The van der Waals surface area contributed by atoms with Crippen LogP contribution in [0.15, 0.2) is 67.4 Å². The minimum Gasteiger partial charge on any atom is -0.382 e. The lowest BCUT2D eigenvalue weighted by Crippen LogP contribution is -2.14. The summed E-state index contributed by atoms with van der Waals surface area (Å²) in [6.07, 6.45) is 1.21. The summed E-state index contributed by atoms with van der Waals surface area (Å²) in [4.78, 5) is 20.7. The van der Waals surface area contributed by atoms with Crippen LogP contribution < -0.4 is 11.1 Å². The van der Waals surface area contributed by atoms with E-state index in [0.29, 0.717) is 11.1 Å². The first-order valence-electron chi connectivity index (χ1n) is 10.2. The Labute approximate surface area is 203 Å². The third-order valence-electron chi connectivity index (χ3n) is 5.02. The van der Waals surface area contributed by atoms with E-state index >= 15 is 0 Å². The van der Waals surface area contributed by atoms with E-state index in [0.717, 1.165) is 17.7 Å². The third kappa shape index (κ3) is 5.62. The quantitative estimate of drug-likeness (QED) is 0.368. The fourth-order valence-corrected chi connectivity index (χ4v) is 3.33. The van der Waals surface area contributed by atoms with Gasteiger partial charge < -0.3 is 15.6 Å². The van der Waals surface area contributed by atoms with Gasteiger partial charge in [0.05, 0.1) is 16.9 Å². The molecule has 0 spiro atoms. The fraction of sp³-hybridized carbons (Fsp3) is 0.0800. The van der Waals surface area contributed by atoms with Crippen molar-refractivity contribution in [3.63, 3.8) is 0 Å². The summed E-state index contributed by atoms with van der Waals surface area (Å²) < 4.78 is 41.8. The zero-order chi connectivity index (χ0) is 25.2. The standard InChI is InChI=1S/C25H17ClF3N5O/c1-15-2-4-18(9-17(15)5-3-16-8-22(26)23(30)32-13-16)24(35)33-20-10-19(25(27,28)29)11-21(12-20)34-7-6-31-14-34/h2,4,6-14H,1H3,(H2,30,32)(H,33,35). The number of alkyl halides is 3. The molecular weight excluding hydrogens is 479 g/mol. The highest BCUT2D eigenvalue weighted by molar-refractivity contribution is 6.32. The number of anilines is 2. The molecule has 0 bridgehead atoms. The first-order valence-corrected chi connectivity index (χ1v) is 10.5. The first kappa shape index (κ1) is 23.9. The number of pyridine rings is 1. The van der Waals surface area contributed by atoms with Gasteiger partial charge in [0.1, 0.15) is 5.82 Å². The molecule has 0 aliphatic rings. The Hall–Kier alpha value is -4.29. The van der Waals surface area contributed by atoms with Gasteiger partial charge in [0.15, 0.2) is 0 Å². The minimum absolute atomic E-state index is 0.00988. The molecule has 4 aromatic rings. The second-order valence-corrected chi connectivity index (χ2v) is 7.97. The van der Waals surface area contributed by atoms with Gasteiger partial charge in [0.2, 0.25) is 0 Å². The highest BCUT2D eigenvalue weighted by Gasteiger charge is 2.31. The summed E-state index contributed by atoms with van der Waals surface area (Å²) >= 11 is 5.97. The maximum absolute atomic E-state index is 13.4.